The first-order chi connectivity index (χ1) is 8.10. The SMILES string of the molecule is CCCCC[C@H](C)C[C@H](CN=[N+]=[N-])CC(=O)O. The molecule has 0 aliphatic heterocycles. The first kappa shape index (κ1) is 15.8. The molecule has 5 nitrogen and oxygen atoms in total. The van der Waals surface area contributed by atoms with E-state index in [4.69, 9.17) is 10.6 Å². The van der Waals surface area contributed by atoms with E-state index in [1.807, 2.05) is 0 Å². The van der Waals surface area contributed by atoms with Crippen molar-refractivity contribution in [3.63, 3.8) is 0 Å². The zero-order valence-corrected chi connectivity index (χ0v) is 10.8. The third-order valence-corrected chi connectivity index (χ3v) is 2.90. The molecule has 17 heavy (non-hydrogen) atoms. The van der Waals surface area contributed by atoms with E-state index in [1.165, 1.54) is 19.3 Å². The Morgan fingerprint density at radius 2 is 2.18 bits per heavy atom. The van der Waals surface area contributed by atoms with E-state index in [0.717, 1.165) is 12.8 Å². The molecule has 0 aliphatic rings. The lowest BCUT2D eigenvalue weighted by Gasteiger charge is -2.17. The van der Waals surface area contributed by atoms with E-state index in [9.17, 15) is 4.79 Å². The molecule has 0 bridgehead atoms. The van der Waals surface area contributed by atoms with Crippen LogP contribution in [0.3, 0.4) is 0 Å². The third kappa shape index (κ3) is 9.69. The molecule has 0 spiro atoms. The van der Waals surface area contributed by atoms with E-state index in [0.29, 0.717) is 12.5 Å². The van der Waals surface area contributed by atoms with Crippen LogP contribution in [0.25, 0.3) is 10.4 Å². The average Bonchev–Trinajstić information content (AvgIpc) is 2.25. The van der Waals surface area contributed by atoms with Crippen molar-refractivity contribution in [2.24, 2.45) is 17.0 Å². The second-order valence-corrected chi connectivity index (χ2v) is 4.71. The van der Waals surface area contributed by atoms with Crippen LogP contribution in [0.4, 0.5) is 0 Å². The van der Waals surface area contributed by atoms with Crippen molar-refractivity contribution < 1.29 is 9.90 Å². The van der Waals surface area contributed by atoms with Gasteiger partial charge in [0.05, 0.1) is 0 Å². The second-order valence-electron chi connectivity index (χ2n) is 4.71. The highest BCUT2D eigenvalue weighted by Crippen LogP contribution is 2.21. The van der Waals surface area contributed by atoms with Gasteiger partial charge in [-0.2, -0.15) is 0 Å². The van der Waals surface area contributed by atoms with Gasteiger partial charge < -0.3 is 5.11 Å². The van der Waals surface area contributed by atoms with Crippen LogP contribution in [-0.2, 0) is 4.79 Å². The fraction of sp³-hybridized carbons (Fsp3) is 0.917. The number of carboxylic acid groups (broad SMARTS) is 1. The molecule has 0 saturated heterocycles. The standard InChI is InChI=1S/C12H23N3O2/c1-3-4-5-6-10(2)7-11(8-12(16)17)9-14-15-13/h10-11H,3-9H2,1-2H3,(H,16,17)/t10-,11-/m0/s1. The number of unbranched alkanes of at least 4 members (excludes halogenated alkanes) is 2. The molecule has 0 radical (unpaired) electrons. The van der Waals surface area contributed by atoms with Crippen LogP contribution in [0.5, 0.6) is 0 Å². The monoisotopic (exact) mass is 241 g/mol. The average molecular weight is 241 g/mol. The zero-order chi connectivity index (χ0) is 13.1. The molecule has 0 aromatic carbocycles. The first-order valence-corrected chi connectivity index (χ1v) is 6.32. The lowest BCUT2D eigenvalue weighted by Crippen LogP contribution is -2.14. The molecule has 0 aromatic heterocycles. The van der Waals surface area contributed by atoms with Crippen LogP contribution in [0.1, 0.15) is 52.4 Å². The van der Waals surface area contributed by atoms with Gasteiger partial charge in [-0.05, 0) is 23.8 Å². The van der Waals surface area contributed by atoms with Crippen molar-refractivity contribution in [3.05, 3.63) is 10.4 Å². The number of hydrogen-bond donors (Lipinski definition) is 1. The number of azide groups is 1. The Morgan fingerprint density at radius 3 is 2.71 bits per heavy atom. The molecule has 0 fully saturated rings. The molecule has 0 rings (SSSR count). The third-order valence-electron chi connectivity index (χ3n) is 2.90. The van der Waals surface area contributed by atoms with E-state index in [2.05, 4.69) is 23.9 Å². The Hall–Kier alpha value is -1.22. The summed E-state index contributed by atoms with van der Waals surface area (Å²) >= 11 is 0. The van der Waals surface area contributed by atoms with Gasteiger partial charge in [0.2, 0.25) is 0 Å². The number of rotatable bonds is 10. The lowest BCUT2D eigenvalue weighted by atomic mass is 9.90. The topological polar surface area (TPSA) is 86.1 Å². The van der Waals surface area contributed by atoms with E-state index in [-0.39, 0.29) is 12.3 Å². The second kappa shape index (κ2) is 9.97. The summed E-state index contributed by atoms with van der Waals surface area (Å²) in [5.74, 6) is -0.344. The fourth-order valence-corrected chi connectivity index (χ4v) is 2.05. The minimum atomic E-state index is -0.816. The summed E-state index contributed by atoms with van der Waals surface area (Å²) in [5.41, 5.74) is 8.27. The van der Waals surface area contributed by atoms with Gasteiger partial charge in [-0.15, -0.1) is 0 Å². The van der Waals surface area contributed by atoms with Gasteiger partial charge in [0, 0.05) is 17.9 Å². The molecular weight excluding hydrogens is 218 g/mol. The Labute approximate surface area is 103 Å². The molecule has 0 heterocycles. The summed E-state index contributed by atoms with van der Waals surface area (Å²) in [7, 11) is 0. The molecule has 1 N–H and O–H groups in total. The van der Waals surface area contributed by atoms with Crippen molar-refractivity contribution in [1.82, 2.24) is 0 Å². The minimum absolute atomic E-state index is 0.0278. The minimum Gasteiger partial charge on any atom is -0.481 e. The van der Waals surface area contributed by atoms with Crippen LogP contribution in [0.15, 0.2) is 5.11 Å². The van der Waals surface area contributed by atoms with Crippen LogP contribution in [0.2, 0.25) is 0 Å². The maximum atomic E-state index is 10.7. The smallest absolute Gasteiger partial charge is 0.303 e. The maximum absolute atomic E-state index is 10.7. The van der Waals surface area contributed by atoms with Crippen molar-refractivity contribution >= 4 is 5.97 Å². The summed E-state index contributed by atoms with van der Waals surface area (Å²) in [4.78, 5) is 13.4. The quantitative estimate of drug-likeness (QED) is 0.271. The summed E-state index contributed by atoms with van der Waals surface area (Å²) in [5, 5.41) is 12.3. The Morgan fingerprint density at radius 1 is 1.47 bits per heavy atom. The van der Waals surface area contributed by atoms with Crippen molar-refractivity contribution in [3.8, 4) is 0 Å². The Kier molecular flexibility index (Phi) is 9.25. The highest BCUT2D eigenvalue weighted by molar-refractivity contribution is 5.67. The van der Waals surface area contributed by atoms with Gasteiger partial charge >= 0.3 is 5.97 Å². The zero-order valence-electron chi connectivity index (χ0n) is 10.8. The van der Waals surface area contributed by atoms with E-state index < -0.39 is 5.97 Å². The highest BCUT2D eigenvalue weighted by Gasteiger charge is 2.15. The summed E-state index contributed by atoms with van der Waals surface area (Å²) in [6, 6.07) is 0. The van der Waals surface area contributed by atoms with Crippen LogP contribution >= 0.6 is 0 Å². The Balaban J connectivity index is 4.02. The van der Waals surface area contributed by atoms with Gasteiger partial charge in [0.25, 0.3) is 0 Å². The van der Waals surface area contributed by atoms with Gasteiger partial charge in [-0.25, -0.2) is 0 Å². The molecule has 0 saturated carbocycles. The molecule has 0 amide bonds. The summed E-state index contributed by atoms with van der Waals surface area (Å²) in [6.45, 7) is 4.60. The van der Waals surface area contributed by atoms with Gasteiger partial charge in [0.15, 0.2) is 0 Å². The number of carbonyl (C=O) groups is 1. The molecule has 2 atom stereocenters. The largest absolute Gasteiger partial charge is 0.481 e. The molecule has 0 aliphatic carbocycles. The van der Waals surface area contributed by atoms with E-state index in [1.54, 1.807) is 0 Å². The highest BCUT2D eigenvalue weighted by atomic mass is 16.4. The summed E-state index contributed by atoms with van der Waals surface area (Å²) < 4.78 is 0. The maximum Gasteiger partial charge on any atom is 0.303 e. The molecule has 98 valence electrons. The number of carboxylic acids is 1. The predicted molar refractivity (Wildman–Crippen MR) is 67.7 cm³/mol. The van der Waals surface area contributed by atoms with Crippen LogP contribution in [0, 0.1) is 11.8 Å². The predicted octanol–water partition coefficient (Wildman–Crippen LogP) is 3.99. The van der Waals surface area contributed by atoms with Crippen molar-refractivity contribution in [2.45, 2.75) is 52.4 Å². The van der Waals surface area contributed by atoms with Crippen molar-refractivity contribution in [2.75, 3.05) is 6.54 Å². The first-order valence-electron chi connectivity index (χ1n) is 6.32. The number of hydrogen-bond acceptors (Lipinski definition) is 2. The van der Waals surface area contributed by atoms with Gasteiger partial charge in [-0.1, -0.05) is 44.6 Å². The summed E-state index contributed by atoms with van der Waals surface area (Å²) in [6.07, 6.45) is 5.67. The number of aliphatic carboxylic acids is 1. The molecular formula is C12H23N3O2. The van der Waals surface area contributed by atoms with E-state index >= 15 is 0 Å². The van der Waals surface area contributed by atoms with Gasteiger partial charge in [0.1, 0.15) is 0 Å². The van der Waals surface area contributed by atoms with Crippen LogP contribution in [-0.4, -0.2) is 17.6 Å². The van der Waals surface area contributed by atoms with Crippen molar-refractivity contribution in [1.29, 1.82) is 0 Å². The van der Waals surface area contributed by atoms with Crippen LogP contribution < -0.4 is 0 Å². The molecule has 0 aromatic rings. The number of nitrogens with zero attached hydrogens (tertiary/aromatic N) is 3. The molecule has 5 heteroatoms. The molecule has 0 unspecified atom stereocenters. The lowest BCUT2D eigenvalue weighted by molar-refractivity contribution is -0.138. The normalized spacial score (nSPS) is 13.8. The Bertz CT molecular complexity index is 258. The fourth-order valence-electron chi connectivity index (χ4n) is 2.05. The van der Waals surface area contributed by atoms with Gasteiger partial charge in [-0.3, -0.25) is 4.79 Å².